The second kappa shape index (κ2) is 19.4. The average Bonchev–Trinajstić information content (AvgIpc) is 2.77. The summed E-state index contributed by atoms with van der Waals surface area (Å²) < 4.78 is 66.4. The van der Waals surface area contributed by atoms with Crippen LogP contribution in [0.4, 0.5) is 0 Å². The van der Waals surface area contributed by atoms with Crippen molar-refractivity contribution in [1.82, 2.24) is 0 Å². The molecule has 0 saturated carbocycles. The highest BCUT2D eigenvalue weighted by molar-refractivity contribution is 8.14. The van der Waals surface area contributed by atoms with Crippen LogP contribution >= 0.6 is 13.4 Å². The van der Waals surface area contributed by atoms with Gasteiger partial charge in [-0.15, -0.1) is 0 Å². The number of carbonyl (C=O) groups is 3. The molecule has 0 amide bonds. The van der Waals surface area contributed by atoms with Gasteiger partial charge in [0.05, 0.1) is 32.8 Å². The van der Waals surface area contributed by atoms with Crippen LogP contribution in [0.3, 0.4) is 0 Å². The van der Waals surface area contributed by atoms with E-state index in [0.717, 1.165) is 0 Å². The second-order valence-electron chi connectivity index (χ2n) is 6.25. The van der Waals surface area contributed by atoms with Gasteiger partial charge in [0.25, 0.3) is 10.1 Å². The largest absolute Gasteiger partial charge is 0.412 e. The maximum Gasteiger partial charge on any atom is 0.335 e. The van der Waals surface area contributed by atoms with Crippen LogP contribution in [0.2, 0.25) is 0 Å². The van der Waals surface area contributed by atoms with Crippen LogP contribution < -0.4 is 0 Å². The average molecular weight is 632 g/mol. The van der Waals surface area contributed by atoms with Gasteiger partial charge < -0.3 is 27.6 Å². The molecular formula is C18H35NO13P2S3. The van der Waals surface area contributed by atoms with Gasteiger partial charge in [0.2, 0.25) is 0 Å². The molecule has 14 nitrogen and oxygen atoms in total. The zero-order valence-corrected chi connectivity index (χ0v) is 25.7. The molecule has 1 atom stereocenters. The van der Waals surface area contributed by atoms with Crippen molar-refractivity contribution in [3.05, 3.63) is 0 Å². The van der Waals surface area contributed by atoms with Crippen LogP contribution in [-0.4, -0.2) is 68.5 Å². The smallest absolute Gasteiger partial charge is 0.335 e. The van der Waals surface area contributed by atoms with Crippen molar-refractivity contribution in [1.29, 1.82) is 5.41 Å². The Morgan fingerprint density at radius 2 is 1.14 bits per heavy atom. The van der Waals surface area contributed by atoms with Gasteiger partial charge in [-0.25, -0.2) is 4.31 Å². The summed E-state index contributed by atoms with van der Waals surface area (Å²) >= 11 is 10.4. The Labute approximate surface area is 227 Å². The lowest BCUT2D eigenvalue weighted by Gasteiger charge is -2.27. The predicted octanol–water partition coefficient (Wildman–Crippen LogP) is 3.64. The Kier molecular flexibility index (Phi) is 20.1. The van der Waals surface area contributed by atoms with E-state index in [0.29, 0.717) is 26.4 Å². The second-order valence-corrected chi connectivity index (χ2v) is 14.0. The number of hydrogen-bond donors (Lipinski definition) is 2. The number of nitrogens with one attached hydrogen (secondary N) is 1. The Bertz CT molecular complexity index is 911. The van der Waals surface area contributed by atoms with Crippen LogP contribution in [0.25, 0.3) is 0 Å². The summed E-state index contributed by atoms with van der Waals surface area (Å²) in [5.41, 5.74) is 0. The Balaban J connectivity index is 0. The van der Waals surface area contributed by atoms with Gasteiger partial charge in [0, 0.05) is 12.8 Å². The molecule has 0 rings (SSSR count). The molecule has 0 aromatic heterocycles. The van der Waals surface area contributed by atoms with E-state index >= 15 is 0 Å². The molecule has 0 aliphatic heterocycles. The molecular weight excluding hydrogens is 596 g/mol. The molecule has 0 saturated heterocycles. The van der Waals surface area contributed by atoms with E-state index in [1.807, 2.05) is 27.7 Å². The molecule has 0 aromatic rings. The third-order valence-electron chi connectivity index (χ3n) is 3.37. The monoisotopic (exact) mass is 631 g/mol. The van der Waals surface area contributed by atoms with E-state index in [1.54, 1.807) is 0 Å². The van der Waals surface area contributed by atoms with Gasteiger partial charge in [-0.2, -0.15) is 8.42 Å². The number of hydrogen-bond acceptors (Lipinski definition) is 15. The van der Waals surface area contributed by atoms with E-state index in [4.69, 9.17) is 56.0 Å². The first-order valence-corrected chi connectivity index (χ1v) is 17.7. The van der Waals surface area contributed by atoms with Crippen LogP contribution in [0.1, 0.15) is 60.8 Å². The first-order chi connectivity index (χ1) is 17.1. The van der Waals surface area contributed by atoms with Crippen molar-refractivity contribution >= 4 is 71.0 Å². The molecule has 0 heterocycles. The summed E-state index contributed by atoms with van der Waals surface area (Å²) in [6.45, 7) is 5.91. The van der Waals surface area contributed by atoms with E-state index in [-0.39, 0.29) is 12.8 Å². The summed E-state index contributed by atoms with van der Waals surface area (Å²) in [6, 6.07) is 0. The van der Waals surface area contributed by atoms with Gasteiger partial charge in [-0.05, 0) is 51.3 Å². The zero-order chi connectivity index (χ0) is 29.3. The van der Waals surface area contributed by atoms with Crippen molar-refractivity contribution in [3.8, 4) is 0 Å². The molecule has 218 valence electrons. The first kappa shape index (κ1) is 38.4. The molecule has 0 aliphatic carbocycles. The quantitative estimate of drug-likeness (QED) is 0.0625. The van der Waals surface area contributed by atoms with Crippen molar-refractivity contribution in [3.63, 3.8) is 0 Å². The lowest BCUT2D eigenvalue weighted by Crippen LogP contribution is -2.35. The van der Waals surface area contributed by atoms with Crippen LogP contribution in [0.15, 0.2) is 0 Å². The van der Waals surface area contributed by atoms with Crippen LogP contribution in [0.5, 0.6) is 0 Å². The Hall–Kier alpha value is -0.710. The van der Waals surface area contributed by atoms with E-state index in [1.165, 1.54) is 13.8 Å². The minimum Gasteiger partial charge on any atom is -0.412 e. The van der Waals surface area contributed by atoms with Crippen molar-refractivity contribution < 1.29 is 59.2 Å². The molecule has 0 fully saturated rings. The fourth-order valence-corrected chi connectivity index (χ4v) is 8.93. The Morgan fingerprint density at radius 3 is 1.43 bits per heavy atom. The number of carbonyl (C=O) groups excluding carboxylic acids is 3. The van der Waals surface area contributed by atoms with E-state index in [9.17, 15) is 22.8 Å². The minimum absolute atomic E-state index is 0.0578. The lowest BCUT2D eigenvalue weighted by molar-refractivity contribution is -0.159. The third kappa shape index (κ3) is 17.5. The molecule has 0 radical (unpaired) electrons. The maximum atomic E-state index is 11.4. The van der Waals surface area contributed by atoms with Gasteiger partial charge in [0.1, 0.15) is 0 Å². The molecule has 0 aliphatic rings. The fraction of sp³-hybridized carbons (Fsp3) is 0.778. The predicted molar refractivity (Wildman–Crippen MR) is 142 cm³/mol. The zero-order valence-electron chi connectivity index (χ0n) is 21.5. The molecule has 0 spiro atoms. The highest BCUT2D eigenvalue weighted by atomic mass is 32.5. The van der Waals surface area contributed by atoms with Crippen molar-refractivity contribution in [2.75, 3.05) is 26.4 Å². The SMILES string of the molecule is CCC(=O)OC(=N)CC(C(=O)OC(=O)CC)S(=O)(=O)O.CCOP(=S)(OCC)OP(=S)(OCC)OCC. The van der Waals surface area contributed by atoms with Crippen LogP contribution in [0, 0.1) is 5.41 Å². The number of rotatable bonds is 16. The normalized spacial score (nSPS) is 12.6. The number of ether oxygens (including phenoxy) is 2. The van der Waals surface area contributed by atoms with Crippen LogP contribution in [-0.2, 0) is 80.0 Å². The number of esters is 3. The fourth-order valence-electron chi connectivity index (χ4n) is 1.90. The van der Waals surface area contributed by atoms with Gasteiger partial charge >= 0.3 is 31.3 Å². The first-order valence-electron chi connectivity index (χ1n) is 11.0. The highest BCUT2D eigenvalue weighted by Gasteiger charge is 2.36. The maximum absolute atomic E-state index is 11.4. The molecule has 1 unspecified atom stereocenters. The van der Waals surface area contributed by atoms with Crippen molar-refractivity contribution in [2.24, 2.45) is 0 Å². The summed E-state index contributed by atoms with van der Waals surface area (Å²) in [5, 5.41) is 5.04. The summed E-state index contributed by atoms with van der Waals surface area (Å²) in [6.07, 6.45) is -1.15. The molecule has 2 N–H and O–H groups in total. The molecule has 0 aromatic carbocycles. The Morgan fingerprint density at radius 1 is 0.784 bits per heavy atom. The van der Waals surface area contributed by atoms with E-state index < -0.39 is 59.0 Å². The summed E-state index contributed by atoms with van der Waals surface area (Å²) in [4.78, 5) is 33.2. The molecule has 0 bridgehead atoms. The summed E-state index contributed by atoms with van der Waals surface area (Å²) in [5.74, 6) is -4.15. The highest BCUT2D eigenvalue weighted by Crippen LogP contribution is 2.66. The van der Waals surface area contributed by atoms with Gasteiger partial charge in [0.15, 0.2) is 11.1 Å². The lowest BCUT2D eigenvalue weighted by atomic mass is 10.3. The molecule has 37 heavy (non-hydrogen) atoms. The topological polar surface area (TPSA) is 194 Å². The van der Waals surface area contributed by atoms with Crippen molar-refractivity contribution in [2.45, 2.75) is 66.1 Å². The van der Waals surface area contributed by atoms with E-state index in [2.05, 4.69) is 9.47 Å². The summed E-state index contributed by atoms with van der Waals surface area (Å²) in [7, 11) is -4.91. The van der Waals surface area contributed by atoms with Gasteiger partial charge in [-0.3, -0.25) is 24.3 Å². The molecule has 19 heteroatoms. The third-order valence-corrected chi connectivity index (χ3v) is 10.8. The minimum atomic E-state index is -4.91. The van der Waals surface area contributed by atoms with Gasteiger partial charge in [-0.1, -0.05) is 13.8 Å². The standard InChI is InChI=1S/C10H15NO8S.C8H20O5P2S2/c1-3-8(12)18-7(11)5-6(20(15,16)17)10(14)19-9(13)4-2;1-5-9-14(16,10-6-2)13-15(17,11-7-3)12-8-4/h6,11H,3-5H2,1-2H3,(H,15,16,17);5-8H2,1-4H3.